The molecule has 1 rings (SSSR count). The van der Waals surface area contributed by atoms with Crippen LogP contribution in [0.1, 0.15) is 5.56 Å². The van der Waals surface area contributed by atoms with E-state index in [4.69, 9.17) is 34.0 Å². The van der Waals surface area contributed by atoms with E-state index in [0.29, 0.717) is 5.56 Å². The summed E-state index contributed by atoms with van der Waals surface area (Å²) in [6, 6.07) is 1.21. The number of nitrogens with two attached hydrogens (primary N) is 1. The van der Waals surface area contributed by atoms with Gasteiger partial charge in [-0.2, -0.15) is 0 Å². The number of benzene rings is 1. The Balaban J connectivity index is 2.95. The fraction of sp³-hybridized carbons (Fsp3) is 0.222. The van der Waals surface area contributed by atoms with Gasteiger partial charge >= 0.3 is 5.97 Å². The number of carboxylic acid groups (broad SMARTS) is 1. The molecule has 1 aromatic carbocycles. The van der Waals surface area contributed by atoms with Gasteiger partial charge in [-0.1, -0.05) is 23.2 Å². The van der Waals surface area contributed by atoms with E-state index in [-0.39, 0.29) is 16.5 Å². The van der Waals surface area contributed by atoms with Gasteiger partial charge in [0.2, 0.25) is 0 Å². The molecule has 0 saturated carbocycles. The first-order valence-electron chi connectivity index (χ1n) is 4.03. The summed E-state index contributed by atoms with van der Waals surface area (Å²) >= 11 is 11.2. The van der Waals surface area contributed by atoms with Gasteiger partial charge in [0, 0.05) is 5.02 Å². The van der Waals surface area contributed by atoms with Crippen LogP contribution < -0.4 is 5.73 Å². The van der Waals surface area contributed by atoms with E-state index in [9.17, 15) is 9.18 Å². The molecule has 3 N–H and O–H groups in total. The molecule has 0 aliphatic carbocycles. The molecular weight excluding hydrogens is 244 g/mol. The predicted octanol–water partition coefficient (Wildman–Crippen LogP) is 2.09. The summed E-state index contributed by atoms with van der Waals surface area (Å²) in [6.45, 7) is 0. The summed E-state index contributed by atoms with van der Waals surface area (Å²) < 4.78 is 13.0. The highest BCUT2D eigenvalue weighted by atomic mass is 35.5. The van der Waals surface area contributed by atoms with Crippen LogP contribution in [0.25, 0.3) is 0 Å². The summed E-state index contributed by atoms with van der Waals surface area (Å²) in [7, 11) is 0. The summed E-state index contributed by atoms with van der Waals surface area (Å²) in [5.74, 6) is -1.81. The Morgan fingerprint density at radius 3 is 2.60 bits per heavy atom. The van der Waals surface area contributed by atoms with Crippen LogP contribution in [0, 0.1) is 5.82 Å². The maximum atomic E-state index is 13.0. The first-order valence-corrected chi connectivity index (χ1v) is 4.79. The van der Waals surface area contributed by atoms with Gasteiger partial charge in [0.05, 0.1) is 5.02 Å². The van der Waals surface area contributed by atoms with E-state index < -0.39 is 17.8 Å². The Kier molecular flexibility index (Phi) is 3.90. The van der Waals surface area contributed by atoms with Crippen LogP contribution in [0.5, 0.6) is 0 Å². The summed E-state index contributed by atoms with van der Waals surface area (Å²) in [6.07, 6.45) is -0.0394. The molecule has 0 heterocycles. The molecule has 0 unspecified atom stereocenters. The molecule has 1 aromatic rings. The Morgan fingerprint density at radius 1 is 1.47 bits per heavy atom. The van der Waals surface area contributed by atoms with Crippen molar-refractivity contribution in [1.29, 1.82) is 0 Å². The van der Waals surface area contributed by atoms with Crippen LogP contribution in [-0.2, 0) is 11.2 Å². The molecule has 0 fully saturated rings. The molecule has 6 heteroatoms. The SMILES string of the molecule is N[C@@H](Cc1cc(F)c(Cl)cc1Cl)C(=O)O. The molecule has 82 valence electrons. The quantitative estimate of drug-likeness (QED) is 0.809. The number of hydrogen-bond donors (Lipinski definition) is 2. The fourth-order valence-electron chi connectivity index (χ4n) is 1.04. The van der Waals surface area contributed by atoms with Gasteiger partial charge in [0.1, 0.15) is 11.9 Å². The lowest BCUT2D eigenvalue weighted by Gasteiger charge is -2.08. The van der Waals surface area contributed by atoms with Crippen molar-refractivity contribution in [2.45, 2.75) is 12.5 Å². The predicted molar refractivity (Wildman–Crippen MR) is 55.7 cm³/mol. The Morgan fingerprint density at radius 2 is 2.07 bits per heavy atom. The molecule has 1 atom stereocenters. The second-order valence-corrected chi connectivity index (χ2v) is 3.82. The normalized spacial score (nSPS) is 12.5. The van der Waals surface area contributed by atoms with E-state index in [0.717, 1.165) is 6.07 Å². The molecule has 0 aromatic heterocycles. The Labute approximate surface area is 95.6 Å². The Bertz CT molecular complexity index is 398. The first-order chi connectivity index (χ1) is 6.91. The number of carbonyl (C=O) groups is 1. The lowest BCUT2D eigenvalue weighted by atomic mass is 10.1. The molecule has 0 radical (unpaired) electrons. The van der Waals surface area contributed by atoms with E-state index in [1.54, 1.807) is 0 Å². The van der Waals surface area contributed by atoms with Crippen molar-refractivity contribution in [3.63, 3.8) is 0 Å². The highest BCUT2D eigenvalue weighted by Crippen LogP contribution is 2.25. The average Bonchev–Trinajstić information content (AvgIpc) is 2.13. The summed E-state index contributed by atoms with van der Waals surface area (Å²) in [5.41, 5.74) is 5.62. The standard InChI is InChI=1S/C9H8Cl2FNO2/c10-5-3-6(11)7(12)1-4(5)2-8(13)9(14)15/h1,3,8H,2,13H2,(H,14,15)/t8-/m0/s1. The van der Waals surface area contributed by atoms with Crippen LogP contribution >= 0.6 is 23.2 Å². The average molecular weight is 252 g/mol. The van der Waals surface area contributed by atoms with Gasteiger partial charge < -0.3 is 10.8 Å². The minimum atomic E-state index is -1.17. The smallest absolute Gasteiger partial charge is 0.320 e. The minimum absolute atomic E-state index is 0.0394. The van der Waals surface area contributed by atoms with Crippen LogP contribution in [-0.4, -0.2) is 17.1 Å². The van der Waals surface area contributed by atoms with Gasteiger partial charge in [0.15, 0.2) is 0 Å². The van der Waals surface area contributed by atoms with Crippen LogP contribution in [0.4, 0.5) is 4.39 Å². The molecule has 0 aliphatic rings. The zero-order valence-electron chi connectivity index (χ0n) is 7.51. The monoisotopic (exact) mass is 251 g/mol. The van der Waals surface area contributed by atoms with Crippen molar-refractivity contribution in [3.05, 3.63) is 33.6 Å². The third-order valence-electron chi connectivity index (χ3n) is 1.85. The summed E-state index contributed by atoms with van der Waals surface area (Å²) in [5, 5.41) is 8.67. The minimum Gasteiger partial charge on any atom is -0.480 e. The van der Waals surface area contributed by atoms with Gasteiger partial charge in [-0.05, 0) is 24.1 Å². The van der Waals surface area contributed by atoms with Crippen LogP contribution in [0.3, 0.4) is 0 Å². The van der Waals surface area contributed by atoms with E-state index in [1.807, 2.05) is 0 Å². The molecule has 15 heavy (non-hydrogen) atoms. The van der Waals surface area contributed by atoms with Crippen LogP contribution in [0.15, 0.2) is 12.1 Å². The fourth-order valence-corrected chi connectivity index (χ4v) is 1.50. The lowest BCUT2D eigenvalue weighted by molar-refractivity contribution is -0.138. The second kappa shape index (κ2) is 4.79. The van der Waals surface area contributed by atoms with Crippen molar-refractivity contribution in [2.75, 3.05) is 0 Å². The number of carboxylic acids is 1. The van der Waals surface area contributed by atoms with Crippen molar-refractivity contribution >= 4 is 29.2 Å². The molecule has 0 spiro atoms. The summed E-state index contributed by atoms with van der Waals surface area (Å²) in [4.78, 5) is 10.5. The molecule has 0 amide bonds. The van der Waals surface area contributed by atoms with Crippen molar-refractivity contribution in [3.8, 4) is 0 Å². The van der Waals surface area contributed by atoms with Gasteiger partial charge in [0.25, 0.3) is 0 Å². The van der Waals surface area contributed by atoms with Gasteiger partial charge in [-0.15, -0.1) is 0 Å². The molecule has 3 nitrogen and oxygen atoms in total. The van der Waals surface area contributed by atoms with Gasteiger partial charge in [-0.25, -0.2) is 4.39 Å². The largest absolute Gasteiger partial charge is 0.480 e. The highest BCUT2D eigenvalue weighted by Gasteiger charge is 2.15. The zero-order chi connectivity index (χ0) is 11.6. The third kappa shape index (κ3) is 3.06. The third-order valence-corrected chi connectivity index (χ3v) is 2.49. The maximum absolute atomic E-state index is 13.0. The first kappa shape index (κ1) is 12.2. The van der Waals surface area contributed by atoms with Crippen LogP contribution in [0.2, 0.25) is 10.0 Å². The van der Waals surface area contributed by atoms with E-state index in [2.05, 4.69) is 0 Å². The van der Waals surface area contributed by atoms with Gasteiger partial charge in [-0.3, -0.25) is 4.79 Å². The number of rotatable bonds is 3. The molecule has 0 aliphatic heterocycles. The van der Waals surface area contributed by atoms with Crippen molar-refractivity contribution < 1.29 is 14.3 Å². The topological polar surface area (TPSA) is 63.3 Å². The lowest BCUT2D eigenvalue weighted by Crippen LogP contribution is -2.32. The highest BCUT2D eigenvalue weighted by molar-refractivity contribution is 6.35. The second-order valence-electron chi connectivity index (χ2n) is 3.01. The molecular formula is C9H8Cl2FNO2. The molecule has 0 bridgehead atoms. The van der Waals surface area contributed by atoms with Crippen molar-refractivity contribution in [1.82, 2.24) is 0 Å². The maximum Gasteiger partial charge on any atom is 0.320 e. The number of aliphatic carboxylic acids is 1. The van der Waals surface area contributed by atoms with E-state index in [1.165, 1.54) is 6.07 Å². The molecule has 0 saturated heterocycles. The Hall–Kier alpha value is -0.840. The number of hydrogen-bond acceptors (Lipinski definition) is 2. The van der Waals surface area contributed by atoms with E-state index >= 15 is 0 Å². The number of halogens is 3. The van der Waals surface area contributed by atoms with Crippen molar-refractivity contribution in [2.24, 2.45) is 5.73 Å². The zero-order valence-corrected chi connectivity index (χ0v) is 9.02.